The summed E-state index contributed by atoms with van der Waals surface area (Å²) in [5.41, 5.74) is 7.12. The van der Waals surface area contributed by atoms with Gasteiger partial charge in [-0.3, -0.25) is 19.3 Å². The summed E-state index contributed by atoms with van der Waals surface area (Å²) in [4.78, 5) is 52.0. The number of amides is 4. The summed E-state index contributed by atoms with van der Waals surface area (Å²) in [5.74, 6) is -2.29. The van der Waals surface area contributed by atoms with Gasteiger partial charge in [-0.1, -0.05) is 54.5 Å². The Balaban J connectivity index is 2.48. The van der Waals surface area contributed by atoms with Crippen LogP contribution in [0.4, 0.5) is 10.5 Å². The van der Waals surface area contributed by atoms with E-state index in [9.17, 15) is 19.2 Å². The number of hydrogen-bond acceptors (Lipinski definition) is 5. The van der Waals surface area contributed by atoms with E-state index in [4.69, 9.17) is 16.9 Å². The molecule has 36 heavy (non-hydrogen) atoms. The molecule has 2 unspecified atom stereocenters. The van der Waals surface area contributed by atoms with Crippen molar-refractivity contribution in [1.82, 2.24) is 10.2 Å². The van der Waals surface area contributed by atoms with E-state index in [0.29, 0.717) is 11.3 Å². The molecular weight excluding hydrogens is 460 g/mol. The second-order valence-corrected chi connectivity index (χ2v) is 9.33. The molecule has 2 atom stereocenters. The van der Waals surface area contributed by atoms with Crippen molar-refractivity contribution in [2.75, 3.05) is 5.32 Å². The van der Waals surface area contributed by atoms with Crippen LogP contribution < -0.4 is 16.4 Å². The van der Waals surface area contributed by atoms with Crippen LogP contribution in [-0.4, -0.2) is 40.4 Å². The van der Waals surface area contributed by atoms with Crippen molar-refractivity contribution >= 4 is 29.5 Å². The van der Waals surface area contributed by atoms with E-state index < -0.39 is 47.9 Å². The maximum Gasteiger partial charge on any atom is 0.408 e. The predicted octanol–water partition coefficient (Wildman–Crippen LogP) is 3.17. The van der Waals surface area contributed by atoms with Gasteiger partial charge in [0, 0.05) is 11.7 Å². The maximum absolute atomic E-state index is 13.6. The number of primary amides is 1. The fourth-order valence-electron chi connectivity index (χ4n) is 3.46. The van der Waals surface area contributed by atoms with Gasteiger partial charge in [0.2, 0.25) is 5.91 Å². The Kier molecular flexibility index (Phi) is 9.22. The number of carbonyl (C=O) groups is 4. The number of ether oxygens (including phenoxy) is 1. The van der Waals surface area contributed by atoms with Crippen LogP contribution in [0.25, 0.3) is 0 Å². The fourth-order valence-corrected chi connectivity index (χ4v) is 3.46. The average molecular weight is 493 g/mol. The number of rotatable bonds is 8. The van der Waals surface area contributed by atoms with Crippen molar-refractivity contribution in [3.05, 3.63) is 65.2 Å². The smallest absolute Gasteiger partial charge is 0.408 e. The molecule has 0 aliphatic rings. The quantitative estimate of drug-likeness (QED) is 0.385. The number of nitrogens with one attached hydrogen (secondary N) is 2. The van der Waals surface area contributed by atoms with Crippen LogP contribution in [-0.2, 0) is 19.1 Å². The van der Waals surface area contributed by atoms with Gasteiger partial charge in [-0.15, -0.1) is 0 Å². The van der Waals surface area contributed by atoms with E-state index in [-0.39, 0.29) is 0 Å². The van der Waals surface area contributed by atoms with Crippen LogP contribution in [0.15, 0.2) is 48.5 Å². The van der Waals surface area contributed by atoms with Crippen LogP contribution in [0.3, 0.4) is 0 Å². The zero-order valence-electron chi connectivity index (χ0n) is 21.1. The Hall–Kier alpha value is -4.32. The summed E-state index contributed by atoms with van der Waals surface area (Å²) in [6, 6.07) is 13.6. The molecule has 0 aliphatic carbocycles. The molecule has 0 saturated carbocycles. The standard InChI is InChI=1S/C27H32N4O5/c1-7-31(25(34)21(16-22(28)32)30-26(35)36-27(4,5)6)23(19-13-10-11-17(2)15-19)24(33)29-20-14-9-8-12-18(20)3/h1,8-15,21,23H,16H2,2-6H3,(H2,28,32)(H,29,33)(H,30,35). The highest BCUT2D eigenvalue weighted by Crippen LogP contribution is 2.26. The summed E-state index contributed by atoms with van der Waals surface area (Å²) in [5, 5.41) is 5.17. The summed E-state index contributed by atoms with van der Waals surface area (Å²) in [6.45, 7) is 8.61. The number of nitrogens with two attached hydrogens (primary N) is 1. The normalized spacial score (nSPS) is 12.4. The summed E-state index contributed by atoms with van der Waals surface area (Å²) in [6.07, 6.45) is 4.25. The van der Waals surface area contributed by atoms with Crippen molar-refractivity contribution in [2.45, 2.75) is 58.7 Å². The van der Waals surface area contributed by atoms with Crippen molar-refractivity contribution in [1.29, 1.82) is 0 Å². The maximum atomic E-state index is 13.6. The van der Waals surface area contributed by atoms with Crippen molar-refractivity contribution in [3.8, 4) is 12.5 Å². The van der Waals surface area contributed by atoms with Gasteiger partial charge in [-0.2, -0.15) is 0 Å². The molecule has 2 aromatic carbocycles. The number of hydrogen-bond donors (Lipinski definition) is 3. The zero-order chi connectivity index (χ0) is 27.0. The lowest BCUT2D eigenvalue weighted by atomic mass is 10.0. The molecule has 2 aromatic rings. The third-order valence-electron chi connectivity index (χ3n) is 5.04. The number of alkyl carbamates (subject to hydrolysis) is 1. The van der Waals surface area contributed by atoms with Crippen LogP contribution in [0.5, 0.6) is 0 Å². The molecule has 0 aromatic heterocycles. The first kappa shape index (κ1) is 27.9. The first-order valence-corrected chi connectivity index (χ1v) is 11.3. The number of para-hydroxylation sites is 1. The van der Waals surface area contributed by atoms with Crippen LogP contribution in [0.2, 0.25) is 0 Å². The number of terminal acetylenes is 1. The lowest BCUT2D eigenvalue weighted by Gasteiger charge is -2.30. The number of benzene rings is 2. The molecule has 9 nitrogen and oxygen atoms in total. The predicted molar refractivity (Wildman–Crippen MR) is 136 cm³/mol. The molecule has 0 bridgehead atoms. The number of carbonyl (C=O) groups excluding carboxylic acids is 4. The average Bonchev–Trinajstić information content (AvgIpc) is 2.76. The molecule has 0 heterocycles. The van der Waals surface area contributed by atoms with Crippen molar-refractivity contribution < 1.29 is 23.9 Å². The van der Waals surface area contributed by atoms with Crippen LogP contribution >= 0.6 is 0 Å². The van der Waals surface area contributed by atoms with E-state index in [1.54, 1.807) is 51.1 Å². The van der Waals surface area contributed by atoms with E-state index in [1.807, 2.05) is 32.0 Å². The minimum atomic E-state index is -1.45. The Morgan fingerprint density at radius 1 is 1.08 bits per heavy atom. The number of nitrogens with zero attached hydrogens (tertiary/aromatic N) is 1. The molecule has 0 radical (unpaired) electrons. The van der Waals surface area contributed by atoms with Gasteiger partial charge in [0.25, 0.3) is 11.8 Å². The Labute approximate surface area is 211 Å². The topological polar surface area (TPSA) is 131 Å². The molecule has 0 spiro atoms. The lowest BCUT2D eigenvalue weighted by molar-refractivity contribution is -0.138. The molecule has 0 saturated heterocycles. The molecule has 0 fully saturated rings. The largest absolute Gasteiger partial charge is 0.444 e. The lowest BCUT2D eigenvalue weighted by Crippen LogP contribution is -2.52. The second kappa shape index (κ2) is 11.9. The zero-order valence-corrected chi connectivity index (χ0v) is 21.1. The van der Waals surface area contributed by atoms with E-state index in [2.05, 4.69) is 16.7 Å². The van der Waals surface area contributed by atoms with Gasteiger partial charge in [0.05, 0.1) is 6.42 Å². The number of aryl methyl sites for hydroxylation is 2. The SMILES string of the molecule is C#CN(C(=O)C(CC(N)=O)NC(=O)OC(C)(C)C)C(C(=O)Nc1ccccc1C)c1cccc(C)c1. The Morgan fingerprint density at radius 2 is 1.75 bits per heavy atom. The van der Waals surface area contributed by atoms with Gasteiger partial charge in [-0.25, -0.2) is 4.79 Å². The summed E-state index contributed by atoms with van der Waals surface area (Å²) < 4.78 is 5.21. The van der Waals surface area contributed by atoms with Crippen molar-refractivity contribution in [2.24, 2.45) is 5.73 Å². The first-order valence-electron chi connectivity index (χ1n) is 11.3. The van der Waals surface area contributed by atoms with Crippen LogP contribution in [0, 0.1) is 26.3 Å². The molecular formula is C27H32N4O5. The van der Waals surface area contributed by atoms with Gasteiger partial charge in [0.15, 0.2) is 0 Å². The van der Waals surface area contributed by atoms with Gasteiger partial charge >= 0.3 is 6.09 Å². The molecule has 4 N–H and O–H groups in total. The molecule has 9 heteroatoms. The molecule has 2 rings (SSSR count). The highest BCUT2D eigenvalue weighted by molar-refractivity contribution is 6.00. The highest BCUT2D eigenvalue weighted by Gasteiger charge is 2.36. The summed E-state index contributed by atoms with van der Waals surface area (Å²) in [7, 11) is 0. The minimum absolute atomic E-state index is 0.447. The van der Waals surface area contributed by atoms with E-state index in [1.165, 1.54) is 0 Å². The third-order valence-corrected chi connectivity index (χ3v) is 5.04. The Bertz CT molecular complexity index is 1180. The Morgan fingerprint density at radius 3 is 2.31 bits per heavy atom. The van der Waals surface area contributed by atoms with Gasteiger partial charge < -0.3 is 21.1 Å². The second-order valence-electron chi connectivity index (χ2n) is 9.33. The fraction of sp³-hybridized carbons (Fsp3) is 0.333. The molecule has 0 aliphatic heterocycles. The van der Waals surface area contributed by atoms with Crippen molar-refractivity contribution in [3.63, 3.8) is 0 Å². The van der Waals surface area contributed by atoms with Gasteiger partial charge in [-0.05, 0) is 51.8 Å². The van der Waals surface area contributed by atoms with E-state index >= 15 is 0 Å². The summed E-state index contributed by atoms with van der Waals surface area (Å²) >= 11 is 0. The monoisotopic (exact) mass is 492 g/mol. The highest BCUT2D eigenvalue weighted by atomic mass is 16.6. The molecule has 190 valence electrons. The van der Waals surface area contributed by atoms with E-state index in [0.717, 1.165) is 16.0 Å². The first-order chi connectivity index (χ1) is 16.8. The van der Waals surface area contributed by atoms with Crippen LogP contribution in [0.1, 0.15) is 49.9 Å². The molecule has 4 amide bonds. The minimum Gasteiger partial charge on any atom is -0.444 e. The number of anilines is 1. The third kappa shape index (κ3) is 7.87. The van der Waals surface area contributed by atoms with Gasteiger partial charge in [0.1, 0.15) is 17.7 Å².